The van der Waals surface area contributed by atoms with Crippen molar-refractivity contribution in [2.24, 2.45) is 16.9 Å². The van der Waals surface area contributed by atoms with E-state index < -0.39 is 5.92 Å². The van der Waals surface area contributed by atoms with E-state index in [1.807, 2.05) is 107 Å². The first-order valence-corrected chi connectivity index (χ1v) is 16.6. The first-order valence-electron chi connectivity index (χ1n) is 16.6. The molecule has 0 amide bonds. The van der Waals surface area contributed by atoms with Gasteiger partial charge in [0.25, 0.3) is 0 Å². The van der Waals surface area contributed by atoms with Crippen molar-refractivity contribution >= 4 is 40.6 Å². The highest BCUT2D eigenvalue weighted by Gasteiger charge is 2.38. The molecule has 0 fully saturated rings. The van der Waals surface area contributed by atoms with Crippen molar-refractivity contribution in [3.63, 3.8) is 0 Å². The van der Waals surface area contributed by atoms with Crippen molar-refractivity contribution in [3.05, 3.63) is 89.7 Å². The topological polar surface area (TPSA) is 91.5 Å². The number of esters is 1. The fourth-order valence-corrected chi connectivity index (χ4v) is 5.91. The van der Waals surface area contributed by atoms with Gasteiger partial charge in [-0.2, -0.15) is 5.10 Å². The molecule has 2 aromatic rings. The summed E-state index contributed by atoms with van der Waals surface area (Å²) in [5.74, 6) is -1.33. The predicted octanol–water partition coefficient (Wildman–Crippen LogP) is 4.37. The lowest BCUT2D eigenvalue weighted by molar-refractivity contribution is -0.524. The molecule has 0 heterocycles. The number of hydrogen-bond acceptors (Lipinski definition) is 8. The number of hydrogen-bond donors (Lipinski definition) is 0. The van der Waals surface area contributed by atoms with Gasteiger partial charge >= 0.3 is 5.97 Å². The Balaban J connectivity index is 1.23. The molecule has 9 nitrogen and oxygen atoms in total. The second-order valence-electron chi connectivity index (χ2n) is 12.0. The molecule has 4 rings (SSSR count). The molecule has 1 atom stereocenters. The molecule has 250 valence electrons. The number of likely N-dealkylation sites (N-methyl/N-ethyl adjacent to an activating group) is 1. The highest BCUT2D eigenvalue weighted by atomic mass is 16.5. The van der Waals surface area contributed by atoms with E-state index in [0.29, 0.717) is 30.5 Å². The van der Waals surface area contributed by atoms with Crippen LogP contribution in [0.1, 0.15) is 44.7 Å². The molecular formula is C38H49N5O4. The van der Waals surface area contributed by atoms with E-state index in [1.54, 1.807) is 5.01 Å². The summed E-state index contributed by atoms with van der Waals surface area (Å²) < 4.78 is 7.66. The number of anilines is 2. The minimum absolute atomic E-state index is 0.0951. The molecule has 0 bridgehead atoms. The summed E-state index contributed by atoms with van der Waals surface area (Å²) in [5.41, 5.74) is 5.16. The van der Waals surface area contributed by atoms with Crippen LogP contribution in [0.2, 0.25) is 0 Å². The number of hydrazone groups is 1. The zero-order chi connectivity index (χ0) is 33.9. The van der Waals surface area contributed by atoms with Crippen LogP contribution in [0.4, 0.5) is 11.4 Å². The first kappa shape index (κ1) is 35.2. The number of carbonyl (C=O) groups excluding carboxylic acids is 2. The third-order valence-corrected chi connectivity index (χ3v) is 8.72. The molecule has 0 saturated heterocycles. The molecule has 0 radical (unpaired) electrons. The van der Waals surface area contributed by atoms with Crippen LogP contribution >= 0.6 is 0 Å². The Morgan fingerprint density at radius 1 is 0.957 bits per heavy atom. The van der Waals surface area contributed by atoms with Crippen LogP contribution in [0.5, 0.6) is 0 Å². The summed E-state index contributed by atoms with van der Waals surface area (Å²) in [7, 11) is 5.78. The lowest BCUT2D eigenvalue weighted by Crippen LogP contribution is -2.41. The largest absolute Gasteiger partial charge is 0.874 e. The number of ether oxygens (including phenoxy) is 1. The fraction of sp³-hybridized carbons (Fsp3) is 0.421. The second kappa shape index (κ2) is 16.8. The third kappa shape index (κ3) is 8.99. The zero-order valence-electron chi connectivity index (χ0n) is 28.7. The molecule has 47 heavy (non-hydrogen) atoms. The van der Waals surface area contributed by atoms with Crippen LogP contribution in [0.3, 0.4) is 0 Å². The van der Waals surface area contributed by atoms with E-state index >= 15 is 0 Å². The van der Waals surface area contributed by atoms with E-state index in [0.717, 1.165) is 48.8 Å². The van der Waals surface area contributed by atoms with Crippen LogP contribution in [0.25, 0.3) is 5.57 Å². The van der Waals surface area contributed by atoms with E-state index in [4.69, 9.17) is 4.74 Å². The molecule has 1 unspecified atom stereocenters. The van der Waals surface area contributed by atoms with Gasteiger partial charge in [-0.1, -0.05) is 36.4 Å². The average Bonchev–Trinajstić information content (AvgIpc) is 3.08. The molecule has 2 aliphatic carbocycles. The summed E-state index contributed by atoms with van der Waals surface area (Å²) in [6.07, 6.45) is 10.7. The smallest absolute Gasteiger partial charge is 0.306 e. The van der Waals surface area contributed by atoms with E-state index in [9.17, 15) is 14.7 Å². The number of allylic oxidation sites excluding steroid dienone is 6. The van der Waals surface area contributed by atoms with Gasteiger partial charge in [0, 0.05) is 88.1 Å². The van der Waals surface area contributed by atoms with Gasteiger partial charge in [-0.15, -0.1) is 5.76 Å². The minimum atomic E-state index is -0.668. The molecule has 0 aromatic heterocycles. The van der Waals surface area contributed by atoms with E-state index in [-0.39, 0.29) is 30.0 Å². The molecule has 2 aliphatic rings. The van der Waals surface area contributed by atoms with Gasteiger partial charge in [-0.3, -0.25) is 9.59 Å². The van der Waals surface area contributed by atoms with Crippen molar-refractivity contribution in [3.8, 4) is 0 Å². The Labute approximate surface area is 279 Å². The number of carbonyl (C=O) groups is 2. The number of rotatable bonds is 16. The van der Waals surface area contributed by atoms with Crippen LogP contribution in [0, 0.1) is 11.8 Å². The Morgan fingerprint density at radius 3 is 2.17 bits per heavy atom. The van der Waals surface area contributed by atoms with Gasteiger partial charge in [-0.05, 0) is 62.6 Å². The van der Waals surface area contributed by atoms with Gasteiger partial charge in [0.2, 0.25) is 0 Å². The summed E-state index contributed by atoms with van der Waals surface area (Å²) in [5, 5.41) is 19.1. The lowest BCUT2D eigenvalue weighted by atomic mass is 9.71. The third-order valence-electron chi connectivity index (χ3n) is 8.72. The maximum Gasteiger partial charge on any atom is 0.306 e. The first-order chi connectivity index (χ1) is 22.7. The number of nitrogens with zero attached hydrogens (tertiary/aromatic N) is 5. The van der Waals surface area contributed by atoms with Crippen molar-refractivity contribution in [1.82, 2.24) is 5.01 Å². The number of ketones is 1. The minimum Gasteiger partial charge on any atom is -0.874 e. The summed E-state index contributed by atoms with van der Waals surface area (Å²) in [4.78, 5) is 29.9. The average molecular weight is 640 g/mol. The molecule has 0 aliphatic heterocycles. The monoisotopic (exact) mass is 639 g/mol. The van der Waals surface area contributed by atoms with Gasteiger partial charge in [0.1, 0.15) is 13.2 Å². The number of benzene rings is 2. The lowest BCUT2D eigenvalue weighted by Gasteiger charge is -2.40. The maximum atomic E-state index is 13.1. The van der Waals surface area contributed by atoms with E-state index in [1.165, 1.54) is 0 Å². The molecule has 9 heteroatoms. The highest BCUT2D eigenvalue weighted by molar-refractivity contribution is 6.29. The molecule has 0 spiro atoms. The zero-order valence-corrected chi connectivity index (χ0v) is 28.7. The van der Waals surface area contributed by atoms with Crippen LogP contribution in [-0.4, -0.2) is 93.7 Å². The fourth-order valence-electron chi connectivity index (χ4n) is 5.91. The van der Waals surface area contributed by atoms with Gasteiger partial charge < -0.3 is 24.7 Å². The molecule has 0 saturated carbocycles. The normalized spacial score (nSPS) is 17.2. The van der Waals surface area contributed by atoms with Crippen molar-refractivity contribution in [1.29, 1.82) is 0 Å². The van der Waals surface area contributed by atoms with Crippen LogP contribution in [0.15, 0.2) is 83.7 Å². The summed E-state index contributed by atoms with van der Waals surface area (Å²) in [6.45, 7) is 10.4. The summed E-state index contributed by atoms with van der Waals surface area (Å²) >= 11 is 0. The van der Waals surface area contributed by atoms with Crippen molar-refractivity contribution in [2.45, 2.75) is 33.6 Å². The Kier molecular flexibility index (Phi) is 12.6. The van der Waals surface area contributed by atoms with Crippen LogP contribution < -0.4 is 14.9 Å². The van der Waals surface area contributed by atoms with Gasteiger partial charge in [-0.25, -0.2) is 4.58 Å². The molecular weight excluding hydrogens is 590 g/mol. The van der Waals surface area contributed by atoms with Gasteiger partial charge in [0.15, 0.2) is 18.0 Å². The van der Waals surface area contributed by atoms with Crippen molar-refractivity contribution in [2.75, 3.05) is 70.3 Å². The van der Waals surface area contributed by atoms with E-state index in [2.05, 4.69) is 33.3 Å². The standard InChI is InChI=1S/C38H49N5O4/c1-7-42(8-2)32-20-14-29(15-21-32)35-37(45)36(38(35)46)30-16-22-33(23-17-30)43(9-3)25-26-47-34(44)11-10-24-41(6)31-18-12-28(13-19-31)27-39-40(4)5/h12-23,27,30,36H,7-11,24-26H2,1-6H3/b39-27+,43-33?. The van der Waals surface area contributed by atoms with Gasteiger partial charge in [0.05, 0.1) is 6.21 Å². The second-order valence-corrected chi connectivity index (χ2v) is 12.0. The summed E-state index contributed by atoms with van der Waals surface area (Å²) in [6, 6.07) is 15.9. The Hall–Kier alpha value is -4.66. The maximum absolute atomic E-state index is 13.1. The number of Topliss-reactive ketones (excluding diaryl/α,β-unsaturated/α-hetero) is 1. The molecule has 2 aromatic carbocycles. The molecule has 0 N–H and O–H groups in total. The predicted molar refractivity (Wildman–Crippen MR) is 189 cm³/mol. The Morgan fingerprint density at radius 2 is 1.60 bits per heavy atom. The quantitative estimate of drug-likeness (QED) is 0.117. The Bertz CT molecular complexity index is 1520. The highest BCUT2D eigenvalue weighted by Crippen LogP contribution is 2.41. The SMILES string of the molecule is CCN(CC)c1ccc(C2=C([O-])C(C3C=CC(=[N+](CC)CCOC(=O)CCCN(C)c4ccc(/C=N/N(C)C)cc4)C=C3)C2=O)cc1. The van der Waals surface area contributed by atoms with Crippen LogP contribution in [-0.2, 0) is 14.3 Å². The van der Waals surface area contributed by atoms with Crippen molar-refractivity contribution < 1.29 is 24.0 Å².